The maximum absolute atomic E-state index is 11.9. The van der Waals surface area contributed by atoms with Gasteiger partial charge in [0.15, 0.2) is 0 Å². The van der Waals surface area contributed by atoms with Gasteiger partial charge < -0.3 is 15.0 Å². The average molecular weight is 294 g/mol. The molecule has 0 bridgehead atoms. The number of nitrogens with zero attached hydrogens (tertiary/aromatic N) is 1. The van der Waals surface area contributed by atoms with Crippen molar-refractivity contribution in [3.63, 3.8) is 0 Å². The molecule has 0 spiro atoms. The number of aromatic nitrogens is 1. The van der Waals surface area contributed by atoms with Crippen molar-refractivity contribution in [1.29, 1.82) is 0 Å². The monoisotopic (exact) mass is 294 g/mol. The van der Waals surface area contributed by atoms with Gasteiger partial charge in [-0.2, -0.15) is 0 Å². The van der Waals surface area contributed by atoms with Crippen LogP contribution in [-0.2, 0) is 16.1 Å². The van der Waals surface area contributed by atoms with Gasteiger partial charge in [-0.15, -0.1) is 0 Å². The van der Waals surface area contributed by atoms with E-state index in [-0.39, 0.29) is 30.3 Å². The first-order valence-corrected chi connectivity index (χ1v) is 7.04. The number of carboxylic acids is 1. The van der Waals surface area contributed by atoms with Crippen LogP contribution in [0.4, 0.5) is 0 Å². The average Bonchev–Trinajstić information content (AvgIpc) is 2.44. The quantitative estimate of drug-likeness (QED) is 0.790. The van der Waals surface area contributed by atoms with Gasteiger partial charge in [-0.25, -0.2) is 4.79 Å². The van der Waals surface area contributed by atoms with Crippen molar-refractivity contribution in [2.45, 2.75) is 46.2 Å². The summed E-state index contributed by atoms with van der Waals surface area (Å²) in [4.78, 5) is 34.6. The Balaban J connectivity index is 2.63. The molecule has 1 heterocycles. The molecule has 0 aliphatic rings. The zero-order valence-electron chi connectivity index (χ0n) is 12.6. The van der Waals surface area contributed by atoms with Crippen molar-refractivity contribution in [1.82, 2.24) is 9.88 Å². The molecule has 6 heteroatoms. The van der Waals surface area contributed by atoms with Crippen molar-refractivity contribution in [2.75, 3.05) is 0 Å². The number of rotatable bonds is 7. The van der Waals surface area contributed by atoms with Crippen LogP contribution in [0, 0.1) is 12.8 Å². The van der Waals surface area contributed by atoms with E-state index in [4.69, 9.17) is 5.11 Å². The summed E-state index contributed by atoms with van der Waals surface area (Å²) < 4.78 is 1.45. The van der Waals surface area contributed by atoms with Gasteiger partial charge in [0.1, 0.15) is 6.04 Å². The number of carbonyl (C=O) groups is 2. The van der Waals surface area contributed by atoms with E-state index in [1.165, 1.54) is 10.6 Å². The van der Waals surface area contributed by atoms with E-state index in [2.05, 4.69) is 5.32 Å². The SMILES string of the molecule is CCC(C)C(NC(=O)CCn1cc(C)ccc1=O)C(=O)O. The van der Waals surface area contributed by atoms with Gasteiger partial charge in [0.25, 0.3) is 5.56 Å². The van der Waals surface area contributed by atoms with E-state index in [0.29, 0.717) is 6.42 Å². The lowest BCUT2D eigenvalue weighted by Crippen LogP contribution is -2.45. The summed E-state index contributed by atoms with van der Waals surface area (Å²) in [6.45, 7) is 5.75. The first-order chi connectivity index (χ1) is 9.85. The largest absolute Gasteiger partial charge is 0.480 e. The molecule has 1 aromatic rings. The molecular formula is C15H22N2O4. The molecule has 0 radical (unpaired) electrons. The van der Waals surface area contributed by atoms with Gasteiger partial charge in [-0.3, -0.25) is 9.59 Å². The highest BCUT2D eigenvalue weighted by molar-refractivity contribution is 5.83. The van der Waals surface area contributed by atoms with Crippen molar-refractivity contribution >= 4 is 11.9 Å². The number of pyridine rings is 1. The van der Waals surface area contributed by atoms with E-state index in [1.54, 1.807) is 19.2 Å². The Morgan fingerprint density at radius 2 is 2.05 bits per heavy atom. The molecule has 0 aromatic carbocycles. The molecule has 2 unspecified atom stereocenters. The third-order valence-electron chi connectivity index (χ3n) is 3.51. The molecule has 2 atom stereocenters. The number of carboxylic acid groups (broad SMARTS) is 1. The summed E-state index contributed by atoms with van der Waals surface area (Å²) in [5.74, 6) is -1.55. The smallest absolute Gasteiger partial charge is 0.326 e. The Kier molecular flexibility index (Phi) is 6.14. The molecule has 1 rings (SSSR count). The summed E-state index contributed by atoms with van der Waals surface area (Å²) >= 11 is 0. The summed E-state index contributed by atoms with van der Waals surface area (Å²) in [5, 5.41) is 11.6. The van der Waals surface area contributed by atoms with Crippen molar-refractivity contribution < 1.29 is 14.7 Å². The Morgan fingerprint density at radius 1 is 1.38 bits per heavy atom. The Labute approximate surface area is 123 Å². The first kappa shape index (κ1) is 16.9. The van der Waals surface area contributed by atoms with E-state index < -0.39 is 12.0 Å². The van der Waals surface area contributed by atoms with Crippen LogP contribution < -0.4 is 10.9 Å². The third-order valence-corrected chi connectivity index (χ3v) is 3.51. The predicted octanol–water partition coefficient (Wildman–Crippen LogP) is 1.16. The zero-order valence-corrected chi connectivity index (χ0v) is 12.6. The van der Waals surface area contributed by atoms with Crippen molar-refractivity contribution in [3.8, 4) is 0 Å². The molecule has 1 amide bonds. The van der Waals surface area contributed by atoms with Gasteiger partial charge in [0, 0.05) is 25.2 Å². The number of hydrogen-bond donors (Lipinski definition) is 2. The number of carbonyl (C=O) groups excluding carboxylic acids is 1. The topological polar surface area (TPSA) is 88.4 Å². The second-order valence-corrected chi connectivity index (χ2v) is 5.26. The molecule has 6 nitrogen and oxygen atoms in total. The van der Waals surface area contributed by atoms with E-state index in [9.17, 15) is 14.4 Å². The van der Waals surface area contributed by atoms with Crippen LogP contribution in [-0.4, -0.2) is 27.6 Å². The second-order valence-electron chi connectivity index (χ2n) is 5.26. The minimum absolute atomic E-state index is 0.0730. The van der Waals surface area contributed by atoms with Gasteiger partial charge in [-0.05, 0) is 18.4 Å². The van der Waals surface area contributed by atoms with E-state index in [0.717, 1.165) is 5.56 Å². The lowest BCUT2D eigenvalue weighted by Gasteiger charge is -2.20. The third kappa shape index (κ3) is 5.06. The molecular weight excluding hydrogens is 272 g/mol. The minimum atomic E-state index is -1.04. The van der Waals surface area contributed by atoms with Crippen LogP contribution >= 0.6 is 0 Å². The predicted molar refractivity (Wildman–Crippen MR) is 79.1 cm³/mol. The second kappa shape index (κ2) is 7.61. The van der Waals surface area contributed by atoms with Crippen LogP contribution in [0.2, 0.25) is 0 Å². The highest BCUT2D eigenvalue weighted by atomic mass is 16.4. The number of aryl methyl sites for hydroxylation is 2. The molecule has 0 aliphatic heterocycles. The van der Waals surface area contributed by atoms with Crippen LogP contribution in [0.5, 0.6) is 0 Å². The maximum atomic E-state index is 11.9. The van der Waals surface area contributed by atoms with E-state index >= 15 is 0 Å². The van der Waals surface area contributed by atoms with Crippen LogP contribution in [0.25, 0.3) is 0 Å². The highest BCUT2D eigenvalue weighted by Gasteiger charge is 2.24. The Hall–Kier alpha value is -2.11. The number of hydrogen-bond acceptors (Lipinski definition) is 3. The van der Waals surface area contributed by atoms with Crippen LogP contribution in [0.1, 0.15) is 32.3 Å². The van der Waals surface area contributed by atoms with Crippen molar-refractivity contribution in [3.05, 3.63) is 34.2 Å². The molecule has 21 heavy (non-hydrogen) atoms. The zero-order chi connectivity index (χ0) is 16.0. The summed E-state index contributed by atoms with van der Waals surface area (Å²) in [6.07, 6.45) is 2.41. The molecule has 0 fully saturated rings. The van der Waals surface area contributed by atoms with Gasteiger partial charge in [0.2, 0.25) is 5.91 Å². The molecule has 2 N–H and O–H groups in total. The Morgan fingerprint density at radius 3 is 2.62 bits per heavy atom. The molecule has 1 aromatic heterocycles. The number of nitrogens with one attached hydrogen (secondary N) is 1. The minimum Gasteiger partial charge on any atom is -0.480 e. The first-order valence-electron chi connectivity index (χ1n) is 7.04. The molecule has 0 aliphatic carbocycles. The Bertz CT molecular complexity index is 565. The fourth-order valence-corrected chi connectivity index (χ4v) is 1.98. The molecule has 116 valence electrons. The van der Waals surface area contributed by atoms with Gasteiger partial charge in [-0.1, -0.05) is 26.3 Å². The number of aliphatic carboxylic acids is 1. The number of amides is 1. The summed E-state index contributed by atoms with van der Waals surface area (Å²) in [7, 11) is 0. The summed E-state index contributed by atoms with van der Waals surface area (Å²) in [6, 6.07) is 2.27. The standard InChI is InChI=1S/C15H22N2O4/c1-4-11(3)14(15(20)21)16-12(18)7-8-17-9-10(2)5-6-13(17)19/h5-6,9,11,14H,4,7-8H2,1-3H3,(H,16,18)(H,20,21). The van der Waals surface area contributed by atoms with Crippen LogP contribution in [0.15, 0.2) is 23.1 Å². The molecule has 0 saturated carbocycles. The maximum Gasteiger partial charge on any atom is 0.326 e. The lowest BCUT2D eigenvalue weighted by molar-refractivity contribution is -0.143. The van der Waals surface area contributed by atoms with Crippen LogP contribution in [0.3, 0.4) is 0 Å². The fourth-order valence-electron chi connectivity index (χ4n) is 1.98. The highest BCUT2D eigenvalue weighted by Crippen LogP contribution is 2.08. The van der Waals surface area contributed by atoms with Gasteiger partial charge in [0.05, 0.1) is 0 Å². The van der Waals surface area contributed by atoms with Crippen molar-refractivity contribution in [2.24, 2.45) is 5.92 Å². The lowest BCUT2D eigenvalue weighted by atomic mass is 9.99. The summed E-state index contributed by atoms with van der Waals surface area (Å²) in [5.41, 5.74) is 0.753. The van der Waals surface area contributed by atoms with Gasteiger partial charge >= 0.3 is 5.97 Å². The fraction of sp³-hybridized carbons (Fsp3) is 0.533. The molecule has 0 saturated heterocycles. The normalized spacial score (nSPS) is 13.5. The van der Waals surface area contributed by atoms with E-state index in [1.807, 2.05) is 13.8 Å².